The van der Waals surface area contributed by atoms with E-state index >= 15 is 0 Å². The van der Waals surface area contributed by atoms with Gasteiger partial charge in [-0.05, 0) is 55.3 Å². The number of oxazole rings is 1. The van der Waals surface area contributed by atoms with E-state index in [1.54, 1.807) is 42.6 Å². The first-order valence-corrected chi connectivity index (χ1v) is 9.98. The molecular formula is C23H22FN3O3. The van der Waals surface area contributed by atoms with Crippen LogP contribution in [0.15, 0.2) is 59.1 Å². The number of benzene rings is 2. The van der Waals surface area contributed by atoms with Gasteiger partial charge in [-0.15, -0.1) is 0 Å². The highest BCUT2D eigenvalue weighted by molar-refractivity contribution is 5.97. The van der Waals surface area contributed by atoms with Crippen molar-refractivity contribution in [3.63, 3.8) is 0 Å². The van der Waals surface area contributed by atoms with E-state index in [9.17, 15) is 14.0 Å². The third-order valence-corrected chi connectivity index (χ3v) is 5.03. The number of halogens is 1. The van der Waals surface area contributed by atoms with Crippen molar-refractivity contribution in [1.82, 2.24) is 9.88 Å². The summed E-state index contributed by atoms with van der Waals surface area (Å²) in [6.07, 6.45) is 4.15. The smallest absolute Gasteiger partial charge is 0.253 e. The van der Waals surface area contributed by atoms with Gasteiger partial charge in [-0.2, -0.15) is 0 Å². The highest BCUT2D eigenvalue weighted by atomic mass is 19.1. The molecule has 1 aliphatic heterocycles. The van der Waals surface area contributed by atoms with Crippen LogP contribution in [-0.4, -0.2) is 34.8 Å². The Labute approximate surface area is 173 Å². The van der Waals surface area contributed by atoms with Gasteiger partial charge < -0.3 is 14.6 Å². The van der Waals surface area contributed by atoms with Gasteiger partial charge >= 0.3 is 0 Å². The van der Waals surface area contributed by atoms with E-state index < -0.39 is 0 Å². The Bertz CT molecular complexity index is 1040. The van der Waals surface area contributed by atoms with Gasteiger partial charge in [-0.25, -0.2) is 9.37 Å². The molecule has 7 heteroatoms. The van der Waals surface area contributed by atoms with Crippen LogP contribution in [0, 0.1) is 5.82 Å². The van der Waals surface area contributed by atoms with Crippen LogP contribution in [0.2, 0.25) is 0 Å². The second-order valence-electron chi connectivity index (χ2n) is 7.25. The lowest BCUT2D eigenvalue weighted by Gasteiger charge is -2.15. The topological polar surface area (TPSA) is 75.4 Å². The minimum absolute atomic E-state index is 0.00305. The summed E-state index contributed by atoms with van der Waals surface area (Å²) in [5.41, 5.74) is 1.88. The second kappa shape index (κ2) is 8.90. The highest BCUT2D eigenvalue weighted by Crippen LogP contribution is 2.21. The van der Waals surface area contributed by atoms with Gasteiger partial charge in [0.2, 0.25) is 5.91 Å². The summed E-state index contributed by atoms with van der Waals surface area (Å²) in [5.74, 6) is 0.446. The zero-order valence-electron chi connectivity index (χ0n) is 16.4. The zero-order valence-corrected chi connectivity index (χ0v) is 16.4. The Morgan fingerprint density at radius 2 is 1.87 bits per heavy atom. The van der Waals surface area contributed by atoms with Gasteiger partial charge in [0.05, 0.1) is 6.20 Å². The summed E-state index contributed by atoms with van der Waals surface area (Å²) in [5, 5.41) is 2.82. The highest BCUT2D eigenvalue weighted by Gasteiger charge is 2.19. The van der Waals surface area contributed by atoms with E-state index in [0.29, 0.717) is 29.3 Å². The number of rotatable bonds is 6. The number of hydrogen-bond acceptors (Lipinski definition) is 4. The quantitative estimate of drug-likeness (QED) is 0.662. The standard InChI is InChI=1S/C23H22FN3O3/c24-18-8-6-16(7-9-18)20-15-25-22(30-20)11-10-21(28)26-19-5-3-4-17(14-19)23(29)27-12-1-2-13-27/h3-9,14-15H,1-2,10-13H2,(H,26,28). The Morgan fingerprint density at radius 3 is 2.63 bits per heavy atom. The molecule has 3 aromatic rings. The number of nitrogens with one attached hydrogen (secondary N) is 1. The zero-order chi connectivity index (χ0) is 20.9. The monoisotopic (exact) mass is 407 g/mol. The SMILES string of the molecule is O=C(CCc1ncc(-c2ccc(F)cc2)o1)Nc1cccc(C(=O)N2CCCC2)c1. The molecule has 6 nitrogen and oxygen atoms in total. The molecule has 2 aromatic carbocycles. The fourth-order valence-corrected chi connectivity index (χ4v) is 3.45. The summed E-state index contributed by atoms with van der Waals surface area (Å²) in [6.45, 7) is 1.57. The van der Waals surface area contributed by atoms with Crippen molar-refractivity contribution in [2.75, 3.05) is 18.4 Å². The number of aromatic nitrogens is 1. The molecule has 0 radical (unpaired) electrons. The lowest BCUT2D eigenvalue weighted by molar-refractivity contribution is -0.116. The third-order valence-electron chi connectivity index (χ3n) is 5.03. The maximum Gasteiger partial charge on any atom is 0.253 e. The van der Waals surface area contributed by atoms with Gasteiger partial charge in [-0.3, -0.25) is 9.59 Å². The average molecular weight is 407 g/mol. The minimum atomic E-state index is -0.318. The lowest BCUT2D eigenvalue weighted by Crippen LogP contribution is -2.27. The number of nitrogens with zero attached hydrogens (tertiary/aromatic N) is 2. The number of likely N-dealkylation sites (tertiary alicyclic amines) is 1. The van der Waals surface area contributed by atoms with Crippen LogP contribution in [0.4, 0.5) is 10.1 Å². The summed E-state index contributed by atoms with van der Waals surface area (Å²) in [6, 6.07) is 12.9. The molecule has 1 aromatic heterocycles. The van der Waals surface area contributed by atoms with Crippen molar-refractivity contribution in [2.45, 2.75) is 25.7 Å². The van der Waals surface area contributed by atoms with E-state index in [1.165, 1.54) is 12.1 Å². The molecule has 2 heterocycles. The van der Waals surface area contributed by atoms with Crippen molar-refractivity contribution < 1.29 is 18.4 Å². The summed E-state index contributed by atoms with van der Waals surface area (Å²) in [7, 11) is 0. The number of carbonyl (C=O) groups excluding carboxylic acids is 2. The van der Waals surface area contributed by atoms with Crippen LogP contribution < -0.4 is 5.32 Å². The fraction of sp³-hybridized carbons (Fsp3) is 0.261. The first kappa shape index (κ1) is 19.8. The van der Waals surface area contributed by atoms with Crippen molar-refractivity contribution >= 4 is 17.5 Å². The van der Waals surface area contributed by atoms with E-state index in [0.717, 1.165) is 31.5 Å². The maximum absolute atomic E-state index is 13.0. The summed E-state index contributed by atoms with van der Waals surface area (Å²) < 4.78 is 18.7. The lowest BCUT2D eigenvalue weighted by atomic mass is 10.1. The molecule has 0 unspecified atom stereocenters. The van der Waals surface area contributed by atoms with Crippen LogP contribution in [0.5, 0.6) is 0 Å². The number of carbonyl (C=O) groups is 2. The van der Waals surface area contributed by atoms with E-state index in [1.807, 2.05) is 4.90 Å². The predicted octanol–water partition coefficient (Wildman–Crippen LogP) is 4.29. The van der Waals surface area contributed by atoms with Crippen LogP contribution >= 0.6 is 0 Å². The molecule has 0 atom stereocenters. The fourth-order valence-electron chi connectivity index (χ4n) is 3.45. The first-order valence-electron chi connectivity index (χ1n) is 9.98. The Kier molecular flexibility index (Phi) is 5.88. The molecule has 1 fully saturated rings. The molecule has 1 N–H and O–H groups in total. The van der Waals surface area contributed by atoms with E-state index in [2.05, 4.69) is 10.3 Å². The average Bonchev–Trinajstić information content (AvgIpc) is 3.45. The van der Waals surface area contributed by atoms with E-state index in [4.69, 9.17) is 4.42 Å². The van der Waals surface area contributed by atoms with Crippen LogP contribution in [0.1, 0.15) is 35.5 Å². The van der Waals surface area contributed by atoms with Crippen LogP contribution in [0.25, 0.3) is 11.3 Å². The molecule has 4 rings (SSSR count). The summed E-state index contributed by atoms with van der Waals surface area (Å²) in [4.78, 5) is 30.8. The Hall–Kier alpha value is -3.48. The molecular weight excluding hydrogens is 385 g/mol. The molecule has 154 valence electrons. The first-order chi connectivity index (χ1) is 14.6. The van der Waals surface area contributed by atoms with Gasteiger partial charge in [0, 0.05) is 42.7 Å². The van der Waals surface area contributed by atoms with Gasteiger partial charge in [0.25, 0.3) is 5.91 Å². The molecule has 0 bridgehead atoms. The molecule has 0 saturated carbocycles. The van der Waals surface area contributed by atoms with E-state index in [-0.39, 0.29) is 24.1 Å². The Balaban J connectivity index is 1.32. The molecule has 0 spiro atoms. The number of anilines is 1. The normalized spacial score (nSPS) is 13.4. The van der Waals surface area contributed by atoms with Gasteiger partial charge in [-0.1, -0.05) is 6.07 Å². The second-order valence-corrected chi connectivity index (χ2v) is 7.25. The predicted molar refractivity (Wildman–Crippen MR) is 110 cm³/mol. The van der Waals surface area contributed by atoms with Crippen molar-refractivity contribution in [2.24, 2.45) is 0 Å². The molecule has 1 saturated heterocycles. The van der Waals surface area contributed by atoms with Gasteiger partial charge in [0.15, 0.2) is 11.7 Å². The van der Waals surface area contributed by atoms with Crippen molar-refractivity contribution in [3.8, 4) is 11.3 Å². The number of aryl methyl sites for hydroxylation is 1. The largest absolute Gasteiger partial charge is 0.441 e. The molecule has 0 aliphatic carbocycles. The number of hydrogen-bond donors (Lipinski definition) is 1. The van der Waals surface area contributed by atoms with Gasteiger partial charge in [0.1, 0.15) is 5.82 Å². The minimum Gasteiger partial charge on any atom is -0.441 e. The van der Waals surface area contributed by atoms with Crippen LogP contribution in [-0.2, 0) is 11.2 Å². The summed E-state index contributed by atoms with van der Waals surface area (Å²) >= 11 is 0. The maximum atomic E-state index is 13.0. The molecule has 2 amide bonds. The van der Waals surface area contributed by atoms with Crippen LogP contribution in [0.3, 0.4) is 0 Å². The van der Waals surface area contributed by atoms with Crippen molar-refractivity contribution in [3.05, 3.63) is 72.0 Å². The molecule has 30 heavy (non-hydrogen) atoms. The molecule has 1 aliphatic rings. The Morgan fingerprint density at radius 1 is 1.10 bits per heavy atom. The number of amides is 2. The third kappa shape index (κ3) is 4.74. The van der Waals surface area contributed by atoms with Crippen molar-refractivity contribution in [1.29, 1.82) is 0 Å².